The largest absolute Gasteiger partial charge is 0.416 e. The van der Waals surface area contributed by atoms with E-state index in [0.29, 0.717) is 17.0 Å². The zero-order chi connectivity index (χ0) is 27.4. The van der Waals surface area contributed by atoms with Gasteiger partial charge in [-0.3, -0.25) is 29.4 Å². The van der Waals surface area contributed by atoms with Gasteiger partial charge in [-0.05, 0) is 47.9 Å². The van der Waals surface area contributed by atoms with Crippen molar-refractivity contribution in [3.63, 3.8) is 0 Å². The first-order valence-corrected chi connectivity index (χ1v) is 13.9. The quantitative estimate of drug-likeness (QED) is 0.267. The molecule has 0 unspecified atom stereocenters. The Labute approximate surface area is 226 Å². The Balaban J connectivity index is 1.31. The maximum atomic E-state index is 13.7. The van der Waals surface area contributed by atoms with Crippen molar-refractivity contribution < 1.29 is 27.7 Å². The Kier molecular flexibility index (Phi) is 5.22. The highest BCUT2D eigenvalue weighted by molar-refractivity contribution is 8.00. The molecule has 0 spiro atoms. The van der Waals surface area contributed by atoms with Gasteiger partial charge in [0, 0.05) is 28.2 Å². The van der Waals surface area contributed by atoms with E-state index in [4.69, 9.17) is 0 Å². The summed E-state index contributed by atoms with van der Waals surface area (Å²) in [5.41, 5.74) is -0.464. The Morgan fingerprint density at radius 1 is 1.00 bits per heavy atom. The van der Waals surface area contributed by atoms with Gasteiger partial charge in [0.25, 0.3) is 5.69 Å². The van der Waals surface area contributed by atoms with Gasteiger partial charge in [0.05, 0.1) is 33.0 Å². The lowest BCUT2D eigenvalue weighted by Crippen LogP contribution is -2.42. The number of nitrogens with one attached hydrogen (secondary N) is 1. The van der Waals surface area contributed by atoms with Crippen LogP contribution in [0.1, 0.15) is 28.3 Å². The number of hydrogen-bond donors (Lipinski definition) is 1. The van der Waals surface area contributed by atoms with Gasteiger partial charge in [-0.1, -0.05) is 29.5 Å². The smallest absolute Gasteiger partial charge is 0.307 e. The summed E-state index contributed by atoms with van der Waals surface area (Å²) in [6, 6.07) is 10.5. The van der Waals surface area contributed by atoms with E-state index in [9.17, 15) is 37.7 Å². The van der Waals surface area contributed by atoms with E-state index in [1.165, 1.54) is 36.0 Å². The fraction of sp³-hybridized carbons (Fsp3) is 0.346. The molecule has 1 aromatic heterocycles. The van der Waals surface area contributed by atoms with Gasteiger partial charge in [-0.15, -0.1) is 11.8 Å². The fourth-order valence-electron chi connectivity index (χ4n) is 7.30. The van der Waals surface area contributed by atoms with Gasteiger partial charge in [0.15, 0.2) is 0 Å². The van der Waals surface area contributed by atoms with Crippen LogP contribution in [-0.4, -0.2) is 27.0 Å². The topological polar surface area (TPSA) is 113 Å². The first kappa shape index (κ1) is 24.6. The zero-order valence-corrected chi connectivity index (χ0v) is 21.4. The lowest BCUT2D eigenvalue weighted by atomic mass is 9.68. The number of nitro groups is 1. The number of nitro benzene ring substituents is 1. The molecule has 39 heavy (non-hydrogen) atoms. The number of aromatic nitrogens is 1. The van der Waals surface area contributed by atoms with Gasteiger partial charge in [-0.25, -0.2) is 0 Å². The number of aromatic amines is 1. The number of anilines is 1. The number of rotatable bonds is 3. The van der Waals surface area contributed by atoms with Gasteiger partial charge < -0.3 is 4.98 Å². The Bertz CT molecular complexity index is 1630. The SMILES string of the molecule is O=C1[C@@H]2[C@H]3C[C@@H]([C@@H]4Sc5[nH]c(=O)sc5[C@H](c5cccc([N+](=O)[O-])c5)[C@@H]34)[C@H]2C(=O)N1c1cccc(C(F)(F)F)c1. The molecule has 200 valence electrons. The molecule has 2 aliphatic heterocycles. The number of thioether (sulfide) groups is 1. The molecule has 4 aliphatic rings. The van der Waals surface area contributed by atoms with Crippen LogP contribution in [-0.2, 0) is 15.8 Å². The van der Waals surface area contributed by atoms with Crippen molar-refractivity contribution in [2.24, 2.45) is 29.6 Å². The predicted molar refractivity (Wildman–Crippen MR) is 136 cm³/mol. The molecule has 1 N–H and O–H groups in total. The van der Waals surface area contributed by atoms with E-state index in [2.05, 4.69) is 4.98 Å². The lowest BCUT2D eigenvalue weighted by Gasteiger charge is -2.42. The highest BCUT2D eigenvalue weighted by Gasteiger charge is 2.69. The molecule has 1 saturated heterocycles. The minimum atomic E-state index is -4.62. The van der Waals surface area contributed by atoms with Crippen molar-refractivity contribution in [2.75, 3.05) is 4.90 Å². The van der Waals surface area contributed by atoms with Crippen LogP contribution in [0.15, 0.2) is 58.4 Å². The number of benzene rings is 2. The molecule has 7 rings (SSSR count). The van der Waals surface area contributed by atoms with Crippen molar-refractivity contribution >= 4 is 46.3 Å². The second-order valence-electron chi connectivity index (χ2n) is 10.4. The predicted octanol–water partition coefficient (Wildman–Crippen LogP) is 5.04. The summed E-state index contributed by atoms with van der Waals surface area (Å²) in [6.45, 7) is 0. The first-order chi connectivity index (χ1) is 18.5. The number of thiazole rings is 1. The highest BCUT2D eigenvalue weighted by atomic mass is 32.2. The summed E-state index contributed by atoms with van der Waals surface area (Å²) in [5.74, 6) is -3.42. The number of fused-ring (bicyclic) bond motifs is 9. The van der Waals surface area contributed by atoms with E-state index < -0.39 is 46.2 Å². The van der Waals surface area contributed by atoms with Crippen molar-refractivity contribution in [3.05, 3.63) is 84.3 Å². The monoisotopic (exact) mass is 573 g/mol. The van der Waals surface area contributed by atoms with Gasteiger partial charge in [0.1, 0.15) is 0 Å². The maximum absolute atomic E-state index is 13.7. The van der Waals surface area contributed by atoms with E-state index in [0.717, 1.165) is 33.2 Å². The molecule has 2 aromatic carbocycles. The summed E-state index contributed by atoms with van der Waals surface area (Å²) in [6.07, 6.45) is -4.03. The van der Waals surface area contributed by atoms with Crippen LogP contribution in [0.25, 0.3) is 0 Å². The third-order valence-corrected chi connectivity index (χ3v) is 11.2. The summed E-state index contributed by atoms with van der Waals surface area (Å²) < 4.78 is 40.1. The normalized spacial score (nSPS) is 30.8. The van der Waals surface area contributed by atoms with Crippen molar-refractivity contribution in [3.8, 4) is 0 Å². The number of imide groups is 1. The Hall–Kier alpha value is -3.45. The van der Waals surface area contributed by atoms with Gasteiger partial charge >= 0.3 is 11.0 Å². The molecule has 8 nitrogen and oxygen atoms in total. The molecule has 0 radical (unpaired) electrons. The number of non-ortho nitro benzene ring substituents is 1. The van der Waals surface area contributed by atoms with Crippen molar-refractivity contribution in [2.45, 2.75) is 28.8 Å². The zero-order valence-electron chi connectivity index (χ0n) is 19.8. The molecule has 3 aromatic rings. The second-order valence-corrected chi connectivity index (χ2v) is 12.6. The minimum Gasteiger partial charge on any atom is -0.307 e. The van der Waals surface area contributed by atoms with Crippen LogP contribution in [0, 0.1) is 39.7 Å². The summed E-state index contributed by atoms with van der Waals surface area (Å²) >= 11 is 2.51. The molecule has 2 aliphatic carbocycles. The molecule has 2 bridgehead atoms. The molecule has 3 heterocycles. The summed E-state index contributed by atoms with van der Waals surface area (Å²) in [5, 5.41) is 12.0. The number of nitrogens with zero attached hydrogens (tertiary/aromatic N) is 2. The third kappa shape index (κ3) is 3.48. The summed E-state index contributed by atoms with van der Waals surface area (Å²) in [4.78, 5) is 55.0. The van der Waals surface area contributed by atoms with Crippen LogP contribution < -0.4 is 9.77 Å². The number of amides is 2. The average molecular weight is 574 g/mol. The minimum absolute atomic E-state index is 0.0874. The van der Waals surface area contributed by atoms with Crippen LogP contribution in [0.4, 0.5) is 24.5 Å². The maximum Gasteiger partial charge on any atom is 0.416 e. The first-order valence-electron chi connectivity index (χ1n) is 12.2. The molecular formula is C26H18F3N3O5S2. The van der Waals surface area contributed by atoms with Crippen LogP contribution in [0.3, 0.4) is 0 Å². The van der Waals surface area contributed by atoms with Crippen LogP contribution in [0.5, 0.6) is 0 Å². The number of carbonyl (C=O) groups is 2. The van der Waals surface area contributed by atoms with E-state index >= 15 is 0 Å². The van der Waals surface area contributed by atoms with Crippen LogP contribution in [0.2, 0.25) is 0 Å². The number of hydrogen-bond acceptors (Lipinski definition) is 7. The third-order valence-electron chi connectivity index (χ3n) is 8.60. The molecule has 7 atom stereocenters. The molecule has 2 amide bonds. The second kappa shape index (κ2) is 8.28. The number of alkyl halides is 3. The van der Waals surface area contributed by atoms with E-state index in [1.807, 2.05) is 0 Å². The van der Waals surface area contributed by atoms with Gasteiger partial charge in [-0.2, -0.15) is 13.2 Å². The standard InChI is InChI=1S/C26H18F3N3O5S2/c27-26(28,29)11-4-2-5-12(8-11)31-23(33)18-14-9-15(19(18)24(31)34)20-17(14)16(21-22(38-20)30-25(35)39-21)10-3-1-6-13(7-10)32(36)37/h1-8,14-20H,9H2,(H,30,35)/t14-,15+,16+,17+,18+,19+,20-/m0/s1. The van der Waals surface area contributed by atoms with E-state index in [1.54, 1.807) is 12.1 Å². The number of carbonyl (C=O) groups excluding carboxylic acids is 2. The molecular weight excluding hydrogens is 555 g/mol. The van der Waals surface area contributed by atoms with Crippen LogP contribution >= 0.6 is 23.1 Å². The fourth-order valence-corrected chi connectivity index (χ4v) is 10.2. The Morgan fingerprint density at radius 3 is 2.44 bits per heavy atom. The summed E-state index contributed by atoms with van der Waals surface area (Å²) in [7, 11) is 0. The average Bonchev–Trinajstić information content (AvgIpc) is 3.62. The van der Waals surface area contributed by atoms with Crippen molar-refractivity contribution in [1.82, 2.24) is 4.98 Å². The van der Waals surface area contributed by atoms with E-state index in [-0.39, 0.29) is 39.3 Å². The Morgan fingerprint density at radius 2 is 1.72 bits per heavy atom. The van der Waals surface area contributed by atoms with Crippen molar-refractivity contribution in [1.29, 1.82) is 0 Å². The number of halogens is 3. The highest BCUT2D eigenvalue weighted by Crippen LogP contribution is 2.68. The lowest BCUT2D eigenvalue weighted by molar-refractivity contribution is -0.384. The molecule has 3 fully saturated rings. The molecule has 13 heteroatoms. The van der Waals surface area contributed by atoms with Gasteiger partial charge in [0.2, 0.25) is 11.8 Å². The molecule has 2 saturated carbocycles. The number of H-pyrrole nitrogens is 1.